The van der Waals surface area contributed by atoms with Crippen LogP contribution < -0.4 is 0 Å². The van der Waals surface area contributed by atoms with Crippen LogP contribution in [0.15, 0.2) is 18.2 Å². The van der Waals surface area contributed by atoms with E-state index in [1.165, 1.54) is 31.2 Å². The van der Waals surface area contributed by atoms with Crippen molar-refractivity contribution in [3.63, 3.8) is 0 Å². The summed E-state index contributed by atoms with van der Waals surface area (Å²) in [7, 11) is 0. The van der Waals surface area contributed by atoms with Crippen molar-refractivity contribution < 1.29 is 4.79 Å². The number of hydrogen-bond acceptors (Lipinski definition) is 4. The van der Waals surface area contributed by atoms with Crippen LogP contribution in [0, 0.1) is 0 Å². The molecule has 0 atom stereocenters. The number of carbonyl (C=O) groups is 1. The lowest BCUT2D eigenvalue weighted by atomic mass is 10.1. The van der Waals surface area contributed by atoms with Gasteiger partial charge in [0, 0.05) is 64.9 Å². The molecule has 160 valence electrons. The fourth-order valence-electron chi connectivity index (χ4n) is 4.90. The van der Waals surface area contributed by atoms with Gasteiger partial charge in [0.25, 0.3) is 0 Å². The molecule has 1 aromatic carbocycles. The summed E-state index contributed by atoms with van der Waals surface area (Å²) in [6.07, 6.45) is 5.45. The van der Waals surface area contributed by atoms with Gasteiger partial charge < -0.3 is 4.90 Å². The predicted molar refractivity (Wildman–Crippen MR) is 119 cm³/mol. The molecule has 1 saturated carbocycles. The fraction of sp³-hybridized carbons (Fsp3) is 0.682. The molecule has 0 radical (unpaired) electrons. The third kappa shape index (κ3) is 5.65. The number of piperazine rings is 2. The standard InChI is InChI=1S/C22H32Cl2N4O/c23-20-6-5-18(15-21(20)24)16-25-7-9-26(10-8-25)17-22(29)28-13-11-27(12-14-28)19-3-1-2-4-19/h5-6,15,19H,1-4,7-14,16-17H2. The van der Waals surface area contributed by atoms with Crippen molar-refractivity contribution in [1.29, 1.82) is 0 Å². The van der Waals surface area contributed by atoms with Gasteiger partial charge in [-0.25, -0.2) is 0 Å². The summed E-state index contributed by atoms with van der Waals surface area (Å²) in [5.74, 6) is 0.300. The van der Waals surface area contributed by atoms with Crippen molar-refractivity contribution in [2.75, 3.05) is 58.9 Å². The van der Waals surface area contributed by atoms with Crippen molar-refractivity contribution in [3.05, 3.63) is 33.8 Å². The Morgan fingerprint density at radius 1 is 0.862 bits per heavy atom. The summed E-state index contributed by atoms with van der Waals surface area (Å²) >= 11 is 12.1. The average Bonchev–Trinajstić information content (AvgIpc) is 3.27. The second-order valence-corrected chi connectivity index (χ2v) is 9.47. The molecule has 2 aliphatic heterocycles. The van der Waals surface area contributed by atoms with Gasteiger partial charge in [-0.1, -0.05) is 42.1 Å². The predicted octanol–water partition coefficient (Wildman–Crippen LogP) is 3.20. The van der Waals surface area contributed by atoms with Gasteiger partial charge in [0.15, 0.2) is 0 Å². The molecular formula is C22H32Cl2N4O. The molecule has 0 bridgehead atoms. The summed E-state index contributed by atoms with van der Waals surface area (Å²) in [5, 5.41) is 1.21. The van der Waals surface area contributed by atoms with Crippen molar-refractivity contribution in [3.8, 4) is 0 Å². The lowest BCUT2D eigenvalue weighted by Crippen LogP contribution is -2.54. The summed E-state index contributed by atoms with van der Waals surface area (Å²) in [5.41, 5.74) is 1.18. The summed E-state index contributed by atoms with van der Waals surface area (Å²) < 4.78 is 0. The van der Waals surface area contributed by atoms with Gasteiger partial charge in [-0.05, 0) is 30.5 Å². The van der Waals surface area contributed by atoms with Crippen LogP contribution in [-0.4, -0.2) is 90.5 Å². The van der Waals surface area contributed by atoms with Crippen LogP contribution in [0.2, 0.25) is 10.0 Å². The molecule has 3 aliphatic rings. The van der Waals surface area contributed by atoms with E-state index in [1.54, 1.807) is 0 Å². The Hall–Kier alpha value is -0.850. The van der Waals surface area contributed by atoms with E-state index >= 15 is 0 Å². The third-order valence-corrected chi connectivity index (χ3v) is 7.46. The van der Waals surface area contributed by atoms with E-state index < -0.39 is 0 Å². The smallest absolute Gasteiger partial charge is 0.236 e. The van der Waals surface area contributed by atoms with Gasteiger partial charge >= 0.3 is 0 Å². The van der Waals surface area contributed by atoms with Gasteiger partial charge in [-0.2, -0.15) is 0 Å². The Bertz CT molecular complexity index is 694. The maximum absolute atomic E-state index is 12.8. The highest BCUT2D eigenvalue weighted by Crippen LogP contribution is 2.25. The first-order chi connectivity index (χ1) is 14.1. The second-order valence-electron chi connectivity index (χ2n) is 8.66. The van der Waals surface area contributed by atoms with Crippen LogP contribution in [0.5, 0.6) is 0 Å². The van der Waals surface area contributed by atoms with E-state index in [-0.39, 0.29) is 0 Å². The summed E-state index contributed by atoms with van der Waals surface area (Å²) in [4.78, 5) is 22.2. The number of rotatable bonds is 5. The topological polar surface area (TPSA) is 30.0 Å². The molecule has 5 nitrogen and oxygen atoms in total. The van der Waals surface area contributed by atoms with Gasteiger partial charge in [-0.15, -0.1) is 0 Å². The molecule has 1 aromatic rings. The lowest BCUT2D eigenvalue weighted by Gasteiger charge is -2.39. The molecule has 0 N–H and O–H groups in total. The normalized spacial score (nSPS) is 23.0. The first-order valence-electron chi connectivity index (χ1n) is 11.0. The molecule has 2 saturated heterocycles. The number of nitrogens with zero attached hydrogens (tertiary/aromatic N) is 4. The molecule has 0 unspecified atom stereocenters. The van der Waals surface area contributed by atoms with Gasteiger partial charge in [-0.3, -0.25) is 19.5 Å². The molecule has 2 heterocycles. The minimum absolute atomic E-state index is 0.300. The molecule has 0 aromatic heterocycles. The summed E-state index contributed by atoms with van der Waals surface area (Å²) in [6.45, 7) is 9.16. The maximum Gasteiger partial charge on any atom is 0.236 e. The zero-order valence-electron chi connectivity index (χ0n) is 17.2. The van der Waals surface area contributed by atoms with E-state index in [9.17, 15) is 4.79 Å². The number of amides is 1. The minimum atomic E-state index is 0.300. The van der Waals surface area contributed by atoms with Crippen molar-refractivity contribution >= 4 is 29.1 Å². The highest BCUT2D eigenvalue weighted by molar-refractivity contribution is 6.42. The van der Waals surface area contributed by atoms with E-state index in [0.717, 1.165) is 64.9 Å². The van der Waals surface area contributed by atoms with Crippen LogP contribution in [0.4, 0.5) is 0 Å². The first kappa shape index (κ1) is 21.4. The Morgan fingerprint density at radius 2 is 1.52 bits per heavy atom. The van der Waals surface area contributed by atoms with Gasteiger partial charge in [0.2, 0.25) is 5.91 Å². The molecule has 29 heavy (non-hydrogen) atoms. The largest absolute Gasteiger partial charge is 0.339 e. The number of carbonyl (C=O) groups excluding carboxylic acids is 1. The third-order valence-electron chi connectivity index (χ3n) is 6.72. The number of benzene rings is 1. The Balaban J connectivity index is 1.17. The van der Waals surface area contributed by atoms with Crippen molar-refractivity contribution in [2.45, 2.75) is 38.3 Å². The van der Waals surface area contributed by atoms with Crippen molar-refractivity contribution in [2.24, 2.45) is 0 Å². The van der Waals surface area contributed by atoms with Gasteiger partial charge in [0.1, 0.15) is 0 Å². The van der Waals surface area contributed by atoms with E-state index in [4.69, 9.17) is 23.2 Å². The lowest BCUT2D eigenvalue weighted by molar-refractivity contribution is -0.135. The zero-order valence-corrected chi connectivity index (χ0v) is 18.7. The average molecular weight is 439 g/mol. The van der Waals surface area contributed by atoms with Crippen LogP contribution in [0.1, 0.15) is 31.2 Å². The molecule has 0 spiro atoms. The van der Waals surface area contributed by atoms with E-state index in [2.05, 4.69) is 19.6 Å². The van der Waals surface area contributed by atoms with Crippen LogP contribution >= 0.6 is 23.2 Å². The molecule has 1 amide bonds. The summed E-state index contributed by atoms with van der Waals surface area (Å²) in [6, 6.07) is 6.62. The fourth-order valence-corrected chi connectivity index (χ4v) is 5.22. The monoisotopic (exact) mass is 438 g/mol. The highest BCUT2D eigenvalue weighted by Gasteiger charge is 2.29. The Morgan fingerprint density at radius 3 is 2.17 bits per heavy atom. The quantitative estimate of drug-likeness (QED) is 0.705. The molecule has 1 aliphatic carbocycles. The zero-order chi connectivity index (χ0) is 20.2. The van der Waals surface area contributed by atoms with Crippen LogP contribution in [0.3, 0.4) is 0 Å². The van der Waals surface area contributed by atoms with Gasteiger partial charge in [0.05, 0.1) is 16.6 Å². The van der Waals surface area contributed by atoms with E-state index in [1.807, 2.05) is 18.2 Å². The highest BCUT2D eigenvalue weighted by atomic mass is 35.5. The SMILES string of the molecule is O=C(CN1CCN(Cc2ccc(Cl)c(Cl)c2)CC1)N1CCN(C2CCCC2)CC1. The Labute approximate surface area is 184 Å². The molecule has 4 rings (SSSR count). The molecular weight excluding hydrogens is 407 g/mol. The molecule has 7 heteroatoms. The number of halogens is 2. The van der Waals surface area contributed by atoms with Crippen LogP contribution in [0.25, 0.3) is 0 Å². The first-order valence-corrected chi connectivity index (χ1v) is 11.7. The van der Waals surface area contributed by atoms with Crippen LogP contribution in [-0.2, 0) is 11.3 Å². The maximum atomic E-state index is 12.8. The van der Waals surface area contributed by atoms with Crippen molar-refractivity contribution in [1.82, 2.24) is 19.6 Å². The minimum Gasteiger partial charge on any atom is -0.339 e. The Kier molecular flexibility index (Phi) is 7.35. The molecule has 3 fully saturated rings. The van der Waals surface area contributed by atoms with E-state index in [0.29, 0.717) is 22.5 Å². The number of hydrogen-bond donors (Lipinski definition) is 0. The second kappa shape index (κ2) is 9.97.